The number of nitrogens with zero attached hydrogens (tertiary/aromatic N) is 1. The molecule has 2 amide bonds. The molecule has 116 valence electrons. The molecule has 0 bridgehead atoms. The third kappa shape index (κ3) is 3.28. The van der Waals surface area contributed by atoms with E-state index >= 15 is 0 Å². The van der Waals surface area contributed by atoms with Gasteiger partial charge in [-0.2, -0.15) is 0 Å². The number of hydrogen-bond donors (Lipinski definition) is 3. The monoisotopic (exact) mass is 301 g/mol. The lowest BCUT2D eigenvalue weighted by molar-refractivity contribution is -0.0287. The molecule has 1 saturated carbocycles. The number of hydrogen-bond acceptors (Lipinski definition) is 4. The number of carbonyl (C=O) groups excluding carboxylic acids is 1. The fraction of sp³-hybridized carbons (Fsp3) is 0.375. The summed E-state index contributed by atoms with van der Waals surface area (Å²) in [6, 6.07) is 6.94. The van der Waals surface area contributed by atoms with Gasteiger partial charge in [0.25, 0.3) is 0 Å². The van der Waals surface area contributed by atoms with Crippen molar-refractivity contribution in [2.24, 2.45) is 0 Å². The molecule has 1 heterocycles. The Labute approximate surface area is 128 Å². The van der Waals surface area contributed by atoms with Crippen LogP contribution in [0.25, 0.3) is 11.5 Å². The molecule has 6 heteroatoms. The number of aromatic nitrogens is 1. The van der Waals surface area contributed by atoms with E-state index < -0.39 is 5.60 Å². The van der Waals surface area contributed by atoms with E-state index in [1.165, 1.54) is 0 Å². The highest BCUT2D eigenvalue weighted by atomic mass is 16.3. The standard InChI is InChI=1S/C16H19N3O3/c1-11-9-22-14(18-11)12-4-2-5-13(8-12)19-15(20)17-10-16(21)6-3-7-16/h2,4-5,8-9,21H,3,6-7,10H2,1H3,(H2,17,19,20). The summed E-state index contributed by atoms with van der Waals surface area (Å²) in [6.07, 6.45) is 4.08. The molecular weight excluding hydrogens is 282 g/mol. The fourth-order valence-electron chi connectivity index (χ4n) is 2.40. The van der Waals surface area contributed by atoms with Gasteiger partial charge in [0.1, 0.15) is 6.26 Å². The van der Waals surface area contributed by atoms with Gasteiger partial charge in [-0.15, -0.1) is 0 Å². The van der Waals surface area contributed by atoms with E-state index in [-0.39, 0.29) is 12.6 Å². The van der Waals surface area contributed by atoms with E-state index in [1.54, 1.807) is 18.4 Å². The maximum atomic E-state index is 11.9. The summed E-state index contributed by atoms with van der Waals surface area (Å²) in [5, 5.41) is 15.4. The number of amides is 2. The Kier molecular flexibility index (Phi) is 3.85. The molecule has 3 N–H and O–H groups in total. The Hall–Kier alpha value is -2.34. The van der Waals surface area contributed by atoms with Gasteiger partial charge in [0, 0.05) is 17.8 Å². The number of aliphatic hydroxyl groups is 1. The van der Waals surface area contributed by atoms with E-state index in [4.69, 9.17) is 4.42 Å². The van der Waals surface area contributed by atoms with E-state index in [2.05, 4.69) is 15.6 Å². The van der Waals surface area contributed by atoms with Crippen molar-refractivity contribution >= 4 is 11.7 Å². The molecular formula is C16H19N3O3. The molecule has 0 spiro atoms. The van der Waals surface area contributed by atoms with Crippen molar-refractivity contribution in [3.8, 4) is 11.5 Å². The van der Waals surface area contributed by atoms with Crippen molar-refractivity contribution in [2.75, 3.05) is 11.9 Å². The minimum atomic E-state index is -0.727. The first-order valence-electron chi connectivity index (χ1n) is 7.34. The maximum absolute atomic E-state index is 11.9. The molecule has 3 rings (SSSR count). The first-order valence-corrected chi connectivity index (χ1v) is 7.34. The smallest absolute Gasteiger partial charge is 0.319 e. The lowest BCUT2D eigenvalue weighted by Crippen LogP contribution is -2.48. The molecule has 1 aromatic carbocycles. The lowest BCUT2D eigenvalue weighted by Gasteiger charge is -2.36. The van der Waals surface area contributed by atoms with Gasteiger partial charge in [-0.25, -0.2) is 9.78 Å². The molecule has 0 unspecified atom stereocenters. The summed E-state index contributed by atoms with van der Waals surface area (Å²) in [4.78, 5) is 16.1. The van der Waals surface area contributed by atoms with Gasteiger partial charge in [0.05, 0.1) is 11.3 Å². The minimum absolute atomic E-state index is 0.275. The van der Waals surface area contributed by atoms with Gasteiger partial charge >= 0.3 is 6.03 Å². The second-order valence-electron chi connectivity index (χ2n) is 5.76. The summed E-state index contributed by atoms with van der Waals surface area (Å²) in [5.41, 5.74) is 1.52. The molecule has 0 aliphatic heterocycles. The molecule has 1 aliphatic rings. The van der Waals surface area contributed by atoms with Gasteiger partial charge < -0.3 is 20.2 Å². The number of oxazole rings is 1. The van der Waals surface area contributed by atoms with Crippen molar-refractivity contribution in [3.05, 3.63) is 36.2 Å². The Balaban J connectivity index is 1.61. The molecule has 0 atom stereocenters. The number of anilines is 1. The zero-order valence-electron chi connectivity index (χ0n) is 12.4. The van der Waals surface area contributed by atoms with Gasteiger partial charge in [-0.05, 0) is 44.4 Å². The number of rotatable bonds is 4. The number of nitrogens with one attached hydrogen (secondary N) is 2. The average Bonchev–Trinajstić information content (AvgIpc) is 2.90. The fourth-order valence-corrected chi connectivity index (χ4v) is 2.40. The molecule has 1 fully saturated rings. The molecule has 0 saturated heterocycles. The van der Waals surface area contributed by atoms with Crippen LogP contribution < -0.4 is 10.6 Å². The second-order valence-corrected chi connectivity index (χ2v) is 5.76. The first-order chi connectivity index (χ1) is 10.5. The lowest BCUT2D eigenvalue weighted by atomic mass is 9.80. The molecule has 6 nitrogen and oxygen atoms in total. The van der Waals surface area contributed by atoms with Crippen molar-refractivity contribution in [3.63, 3.8) is 0 Å². The summed E-state index contributed by atoms with van der Waals surface area (Å²) in [5.74, 6) is 0.519. The minimum Gasteiger partial charge on any atom is -0.444 e. The van der Waals surface area contributed by atoms with Crippen molar-refractivity contribution in [1.82, 2.24) is 10.3 Å². The largest absolute Gasteiger partial charge is 0.444 e. The van der Waals surface area contributed by atoms with Crippen LogP contribution in [0.4, 0.5) is 10.5 Å². The highest BCUT2D eigenvalue weighted by Crippen LogP contribution is 2.30. The SMILES string of the molecule is Cc1coc(-c2cccc(NC(=O)NCC3(O)CCC3)c2)n1. The van der Waals surface area contributed by atoms with Crippen LogP contribution in [0.15, 0.2) is 34.9 Å². The van der Waals surface area contributed by atoms with Crippen LogP contribution in [0.3, 0.4) is 0 Å². The van der Waals surface area contributed by atoms with Crippen LogP contribution in [0.5, 0.6) is 0 Å². The second kappa shape index (κ2) is 5.81. The van der Waals surface area contributed by atoms with Crippen LogP contribution in [0.2, 0.25) is 0 Å². The average molecular weight is 301 g/mol. The van der Waals surface area contributed by atoms with Gasteiger partial charge in [-0.3, -0.25) is 0 Å². The van der Waals surface area contributed by atoms with E-state index in [0.717, 1.165) is 30.5 Å². The number of aryl methyl sites for hydroxylation is 1. The predicted molar refractivity (Wildman–Crippen MR) is 82.5 cm³/mol. The van der Waals surface area contributed by atoms with Gasteiger partial charge in [0.2, 0.25) is 5.89 Å². The van der Waals surface area contributed by atoms with Crippen LogP contribution >= 0.6 is 0 Å². The van der Waals surface area contributed by atoms with Gasteiger partial charge in [-0.1, -0.05) is 6.07 Å². The summed E-state index contributed by atoms with van der Waals surface area (Å²) in [7, 11) is 0. The number of benzene rings is 1. The van der Waals surface area contributed by atoms with Crippen molar-refractivity contribution < 1.29 is 14.3 Å². The van der Waals surface area contributed by atoms with Crippen LogP contribution in [0, 0.1) is 6.92 Å². The first kappa shape index (κ1) is 14.6. The highest BCUT2D eigenvalue weighted by molar-refractivity contribution is 5.89. The third-order valence-electron chi connectivity index (χ3n) is 3.85. The number of carbonyl (C=O) groups is 1. The molecule has 2 aromatic rings. The third-order valence-corrected chi connectivity index (χ3v) is 3.85. The van der Waals surface area contributed by atoms with Crippen molar-refractivity contribution in [2.45, 2.75) is 31.8 Å². The molecule has 22 heavy (non-hydrogen) atoms. The van der Waals surface area contributed by atoms with E-state index in [1.807, 2.05) is 19.1 Å². The Morgan fingerprint density at radius 1 is 1.45 bits per heavy atom. The molecule has 1 aromatic heterocycles. The van der Waals surface area contributed by atoms with Crippen LogP contribution in [-0.2, 0) is 0 Å². The maximum Gasteiger partial charge on any atom is 0.319 e. The molecule has 1 aliphatic carbocycles. The summed E-state index contributed by atoms with van der Waals surface area (Å²) in [6.45, 7) is 2.13. The quantitative estimate of drug-likeness (QED) is 0.810. The zero-order chi connectivity index (χ0) is 15.6. The predicted octanol–water partition coefficient (Wildman–Crippen LogP) is 2.69. The zero-order valence-corrected chi connectivity index (χ0v) is 12.4. The molecule has 0 radical (unpaired) electrons. The van der Waals surface area contributed by atoms with Crippen LogP contribution in [0.1, 0.15) is 25.0 Å². The highest BCUT2D eigenvalue weighted by Gasteiger charge is 2.34. The topological polar surface area (TPSA) is 87.4 Å². The van der Waals surface area contributed by atoms with Gasteiger partial charge in [0.15, 0.2) is 0 Å². The van der Waals surface area contributed by atoms with E-state index in [0.29, 0.717) is 11.6 Å². The Bertz CT molecular complexity index is 677. The summed E-state index contributed by atoms with van der Waals surface area (Å²) < 4.78 is 5.35. The van der Waals surface area contributed by atoms with Crippen LogP contribution in [-0.4, -0.2) is 28.3 Å². The van der Waals surface area contributed by atoms with Crippen molar-refractivity contribution in [1.29, 1.82) is 0 Å². The van der Waals surface area contributed by atoms with E-state index in [9.17, 15) is 9.90 Å². The normalized spacial score (nSPS) is 15.9. The Morgan fingerprint density at radius 2 is 2.27 bits per heavy atom. The Morgan fingerprint density at radius 3 is 2.91 bits per heavy atom. The number of urea groups is 1. The summed E-state index contributed by atoms with van der Waals surface area (Å²) >= 11 is 0.